The summed E-state index contributed by atoms with van der Waals surface area (Å²) in [6, 6.07) is 6.40. The molecule has 1 N–H and O–H groups in total. The largest absolute Gasteiger partial charge is 0.497 e. The van der Waals surface area contributed by atoms with Crippen molar-refractivity contribution in [1.82, 2.24) is 9.97 Å². The summed E-state index contributed by atoms with van der Waals surface area (Å²) in [6.07, 6.45) is 5.76. The number of hydrogen-bond acceptors (Lipinski definition) is 6. The van der Waals surface area contributed by atoms with Crippen LogP contribution in [0, 0.1) is 6.92 Å². The van der Waals surface area contributed by atoms with E-state index < -0.39 is 0 Å². The van der Waals surface area contributed by atoms with Gasteiger partial charge in [-0.15, -0.1) is 0 Å². The van der Waals surface area contributed by atoms with Crippen LogP contribution in [0.15, 0.2) is 30.6 Å². The van der Waals surface area contributed by atoms with E-state index in [-0.39, 0.29) is 0 Å². The molecule has 24 heavy (non-hydrogen) atoms. The van der Waals surface area contributed by atoms with Crippen LogP contribution in [0.2, 0.25) is 0 Å². The Morgan fingerprint density at radius 2 is 1.58 bits per heavy atom. The average Bonchev–Trinajstić information content (AvgIpc) is 2.63. The molecule has 3 rings (SSSR count). The highest BCUT2D eigenvalue weighted by atomic mass is 16.5. The van der Waals surface area contributed by atoms with Gasteiger partial charge in [0.2, 0.25) is 5.95 Å². The van der Waals surface area contributed by atoms with E-state index in [2.05, 4.69) is 32.3 Å². The van der Waals surface area contributed by atoms with Crippen LogP contribution in [0.4, 0.5) is 11.6 Å². The van der Waals surface area contributed by atoms with Gasteiger partial charge in [-0.3, -0.25) is 0 Å². The van der Waals surface area contributed by atoms with Crippen LogP contribution in [-0.4, -0.2) is 43.3 Å². The van der Waals surface area contributed by atoms with Crippen LogP contribution in [0.3, 0.4) is 0 Å². The smallest absolute Gasteiger partial charge is 0.222 e. The van der Waals surface area contributed by atoms with E-state index in [1.54, 1.807) is 14.2 Å². The van der Waals surface area contributed by atoms with Crippen LogP contribution in [0.25, 0.3) is 0 Å². The van der Waals surface area contributed by atoms with Crippen molar-refractivity contribution in [3.8, 4) is 11.5 Å². The van der Waals surface area contributed by atoms with E-state index >= 15 is 0 Å². The molecular formula is C18H24N4O2. The van der Waals surface area contributed by atoms with Crippen LogP contribution in [0.1, 0.15) is 18.4 Å². The van der Waals surface area contributed by atoms with Gasteiger partial charge in [-0.25, -0.2) is 9.97 Å². The van der Waals surface area contributed by atoms with Gasteiger partial charge in [0.25, 0.3) is 0 Å². The minimum Gasteiger partial charge on any atom is -0.497 e. The molecule has 0 spiro atoms. The predicted molar refractivity (Wildman–Crippen MR) is 95.2 cm³/mol. The fourth-order valence-electron chi connectivity index (χ4n) is 2.91. The molecule has 1 saturated heterocycles. The lowest BCUT2D eigenvalue weighted by Gasteiger charge is -2.34. The molecular weight excluding hydrogens is 304 g/mol. The number of nitrogens with zero attached hydrogens (tertiary/aromatic N) is 3. The van der Waals surface area contributed by atoms with Gasteiger partial charge in [0.05, 0.1) is 14.2 Å². The fraction of sp³-hybridized carbons (Fsp3) is 0.444. The van der Waals surface area contributed by atoms with Gasteiger partial charge in [-0.05, 0) is 25.3 Å². The molecule has 1 aromatic carbocycles. The fourth-order valence-corrected chi connectivity index (χ4v) is 2.91. The van der Waals surface area contributed by atoms with E-state index in [0.29, 0.717) is 12.0 Å². The number of methoxy groups -OCH3 is 2. The van der Waals surface area contributed by atoms with Gasteiger partial charge in [0.1, 0.15) is 11.5 Å². The maximum absolute atomic E-state index is 5.36. The number of hydrogen-bond donors (Lipinski definition) is 1. The second kappa shape index (κ2) is 7.38. The van der Waals surface area contributed by atoms with E-state index in [0.717, 1.165) is 48.7 Å². The molecule has 128 valence electrons. The van der Waals surface area contributed by atoms with Crippen LogP contribution in [0.5, 0.6) is 11.5 Å². The van der Waals surface area contributed by atoms with Crippen molar-refractivity contribution in [2.24, 2.45) is 0 Å². The molecule has 1 aromatic heterocycles. The van der Waals surface area contributed by atoms with Gasteiger partial charge < -0.3 is 19.7 Å². The number of piperidine rings is 1. The summed E-state index contributed by atoms with van der Waals surface area (Å²) in [7, 11) is 3.35. The van der Waals surface area contributed by atoms with Gasteiger partial charge >= 0.3 is 0 Å². The first-order valence-electron chi connectivity index (χ1n) is 8.21. The number of rotatable bonds is 5. The van der Waals surface area contributed by atoms with Crippen LogP contribution >= 0.6 is 0 Å². The molecule has 0 bridgehead atoms. The highest BCUT2D eigenvalue weighted by Crippen LogP contribution is 2.30. The number of anilines is 2. The molecule has 6 heteroatoms. The minimum absolute atomic E-state index is 0.399. The standard InChI is InChI=1S/C18H24N4O2/c1-13-11-19-18(20-12-13)21-14-4-6-22(7-5-14)15-8-16(23-2)10-17(9-15)24-3/h8-12,14H,4-7H2,1-3H3,(H,19,20,21). The second-order valence-electron chi connectivity index (χ2n) is 6.06. The lowest BCUT2D eigenvalue weighted by molar-refractivity contribution is 0.394. The quantitative estimate of drug-likeness (QED) is 0.911. The summed E-state index contributed by atoms with van der Waals surface area (Å²) in [6.45, 7) is 3.93. The summed E-state index contributed by atoms with van der Waals surface area (Å²) >= 11 is 0. The van der Waals surface area contributed by atoms with E-state index in [9.17, 15) is 0 Å². The van der Waals surface area contributed by atoms with Crippen molar-refractivity contribution < 1.29 is 9.47 Å². The molecule has 0 unspecified atom stereocenters. The summed E-state index contributed by atoms with van der Waals surface area (Å²) in [4.78, 5) is 11.0. The maximum atomic E-state index is 5.36. The Balaban J connectivity index is 1.61. The first-order valence-corrected chi connectivity index (χ1v) is 8.21. The number of benzene rings is 1. The molecule has 6 nitrogen and oxygen atoms in total. The van der Waals surface area contributed by atoms with Gasteiger partial charge in [0, 0.05) is 55.4 Å². The second-order valence-corrected chi connectivity index (χ2v) is 6.06. The molecule has 2 aromatic rings. The molecule has 0 atom stereocenters. The minimum atomic E-state index is 0.399. The van der Waals surface area contributed by atoms with Gasteiger partial charge in [-0.1, -0.05) is 0 Å². The lowest BCUT2D eigenvalue weighted by Crippen LogP contribution is -2.39. The molecule has 1 fully saturated rings. The molecule has 0 saturated carbocycles. The third kappa shape index (κ3) is 3.88. The van der Waals surface area contributed by atoms with Crippen molar-refractivity contribution >= 4 is 11.6 Å². The van der Waals surface area contributed by atoms with Crippen molar-refractivity contribution in [1.29, 1.82) is 0 Å². The first-order chi connectivity index (χ1) is 11.7. The highest BCUT2D eigenvalue weighted by molar-refractivity contribution is 5.56. The third-order valence-corrected chi connectivity index (χ3v) is 4.31. The number of ether oxygens (including phenoxy) is 2. The van der Waals surface area contributed by atoms with Gasteiger partial charge in [-0.2, -0.15) is 0 Å². The first kappa shape index (κ1) is 16.4. The molecule has 0 amide bonds. The normalized spacial score (nSPS) is 15.2. The zero-order valence-corrected chi connectivity index (χ0v) is 14.5. The molecule has 1 aliphatic heterocycles. The van der Waals surface area contributed by atoms with E-state index in [4.69, 9.17) is 9.47 Å². The molecule has 0 aliphatic carbocycles. The Kier molecular flexibility index (Phi) is 5.03. The van der Waals surface area contributed by atoms with Crippen molar-refractivity contribution in [3.05, 3.63) is 36.2 Å². The topological polar surface area (TPSA) is 59.5 Å². The lowest BCUT2D eigenvalue weighted by atomic mass is 10.0. The van der Waals surface area contributed by atoms with Crippen molar-refractivity contribution in [2.45, 2.75) is 25.8 Å². The number of aromatic nitrogens is 2. The summed E-state index contributed by atoms with van der Waals surface area (Å²) in [5, 5.41) is 3.43. The Labute approximate surface area is 142 Å². The van der Waals surface area contributed by atoms with Crippen molar-refractivity contribution in [3.63, 3.8) is 0 Å². The molecule has 1 aliphatic rings. The monoisotopic (exact) mass is 328 g/mol. The maximum Gasteiger partial charge on any atom is 0.222 e. The Morgan fingerprint density at radius 3 is 2.12 bits per heavy atom. The zero-order chi connectivity index (χ0) is 16.9. The average molecular weight is 328 g/mol. The van der Waals surface area contributed by atoms with Crippen LogP contribution in [-0.2, 0) is 0 Å². The molecule has 2 heterocycles. The van der Waals surface area contributed by atoms with Crippen molar-refractivity contribution in [2.75, 3.05) is 37.5 Å². The Bertz CT molecular complexity index is 645. The summed E-state index contributed by atoms with van der Waals surface area (Å²) in [5.74, 6) is 2.34. The van der Waals surface area contributed by atoms with Crippen LogP contribution < -0.4 is 19.7 Å². The van der Waals surface area contributed by atoms with Gasteiger partial charge in [0.15, 0.2) is 0 Å². The summed E-state index contributed by atoms with van der Waals surface area (Å²) in [5.41, 5.74) is 2.21. The highest BCUT2D eigenvalue weighted by Gasteiger charge is 2.20. The number of nitrogens with one attached hydrogen (secondary N) is 1. The zero-order valence-electron chi connectivity index (χ0n) is 14.5. The Hall–Kier alpha value is -2.50. The Morgan fingerprint density at radius 1 is 1.00 bits per heavy atom. The third-order valence-electron chi connectivity index (χ3n) is 4.31. The predicted octanol–water partition coefficient (Wildman–Crippen LogP) is 2.88. The molecule has 0 radical (unpaired) electrons. The number of aryl methyl sites for hydroxylation is 1. The van der Waals surface area contributed by atoms with E-state index in [1.165, 1.54) is 0 Å². The summed E-state index contributed by atoms with van der Waals surface area (Å²) < 4.78 is 10.7. The van der Waals surface area contributed by atoms with E-state index in [1.807, 2.05) is 25.4 Å². The SMILES string of the molecule is COc1cc(OC)cc(N2CCC(Nc3ncc(C)cn3)CC2)c1.